The number of hydrogen-bond donors (Lipinski definition) is 1. The summed E-state index contributed by atoms with van der Waals surface area (Å²) in [6.07, 6.45) is 6.06. The van der Waals surface area contributed by atoms with E-state index in [9.17, 15) is 14.7 Å². The molecule has 0 saturated carbocycles. The zero-order chi connectivity index (χ0) is 20.3. The van der Waals surface area contributed by atoms with E-state index in [1.807, 2.05) is 10.6 Å². The summed E-state index contributed by atoms with van der Waals surface area (Å²) in [4.78, 5) is 28.1. The van der Waals surface area contributed by atoms with Crippen molar-refractivity contribution in [2.24, 2.45) is 5.92 Å². The van der Waals surface area contributed by atoms with Crippen LogP contribution in [0.1, 0.15) is 41.4 Å². The van der Waals surface area contributed by atoms with E-state index in [0.29, 0.717) is 12.4 Å². The summed E-state index contributed by atoms with van der Waals surface area (Å²) in [7, 11) is 0. The summed E-state index contributed by atoms with van der Waals surface area (Å²) in [5, 5.41) is 9.43. The number of carbonyl (C=O) groups is 1. The van der Waals surface area contributed by atoms with E-state index in [4.69, 9.17) is 9.15 Å². The van der Waals surface area contributed by atoms with Crippen LogP contribution in [0.5, 0.6) is 5.75 Å². The van der Waals surface area contributed by atoms with Gasteiger partial charge in [0.15, 0.2) is 17.6 Å². The van der Waals surface area contributed by atoms with Crippen LogP contribution in [-0.4, -0.2) is 27.2 Å². The molecule has 2 aliphatic heterocycles. The predicted molar refractivity (Wildman–Crippen MR) is 105 cm³/mol. The number of ether oxygens (including phenoxy) is 1. The molecule has 2 aromatic heterocycles. The van der Waals surface area contributed by atoms with Crippen LogP contribution in [0.2, 0.25) is 0 Å². The number of hydrogen-bond acceptors (Lipinski definition) is 5. The number of aromatic carboxylic acids is 1. The average molecular weight is 392 g/mol. The van der Waals surface area contributed by atoms with Crippen molar-refractivity contribution in [2.45, 2.75) is 32.7 Å². The van der Waals surface area contributed by atoms with E-state index in [0.717, 1.165) is 41.0 Å². The molecule has 148 valence electrons. The second-order valence-electron chi connectivity index (χ2n) is 7.89. The number of nitrogens with zero attached hydrogens (tertiary/aromatic N) is 2. The van der Waals surface area contributed by atoms with Crippen molar-refractivity contribution in [2.75, 3.05) is 6.61 Å². The van der Waals surface area contributed by atoms with Crippen molar-refractivity contribution in [3.63, 3.8) is 0 Å². The summed E-state index contributed by atoms with van der Waals surface area (Å²) >= 11 is 0. The van der Waals surface area contributed by atoms with Crippen LogP contribution in [0.15, 0.2) is 40.1 Å². The summed E-state index contributed by atoms with van der Waals surface area (Å²) in [6, 6.07) is 3.47. The Labute approximate surface area is 166 Å². The van der Waals surface area contributed by atoms with Crippen molar-refractivity contribution >= 4 is 5.97 Å². The number of aromatic nitrogens is 2. The Balaban J connectivity index is 1.83. The van der Waals surface area contributed by atoms with Crippen molar-refractivity contribution in [3.05, 3.63) is 57.8 Å². The van der Waals surface area contributed by atoms with Crippen LogP contribution in [0.4, 0.5) is 0 Å². The lowest BCUT2D eigenvalue weighted by molar-refractivity contribution is 0.0694. The summed E-state index contributed by atoms with van der Waals surface area (Å²) < 4.78 is 13.4. The molecule has 7 heteroatoms. The van der Waals surface area contributed by atoms with E-state index >= 15 is 0 Å². The van der Waals surface area contributed by atoms with Crippen LogP contribution in [0.3, 0.4) is 0 Å². The van der Waals surface area contributed by atoms with Gasteiger partial charge in [-0.2, -0.15) is 0 Å². The molecule has 1 atom stereocenters. The third kappa shape index (κ3) is 2.61. The van der Waals surface area contributed by atoms with E-state index in [-0.39, 0.29) is 17.5 Å². The second-order valence-corrected chi connectivity index (χ2v) is 7.89. The van der Waals surface area contributed by atoms with Gasteiger partial charge < -0.3 is 18.8 Å². The first-order valence-electron chi connectivity index (χ1n) is 9.66. The highest BCUT2D eigenvalue weighted by Gasteiger charge is 2.33. The zero-order valence-electron chi connectivity index (χ0n) is 16.1. The molecule has 0 spiro atoms. The number of benzene rings is 1. The Morgan fingerprint density at radius 3 is 2.79 bits per heavy atom. The first kappa shape index (κ1) is 17.7. The molecule has 0 amide bonds. The standard InChI is InChI=1S/C22H20N2O5/c1-11(2)17-6-13-12-3-4-28-21(12)15(20-8-23-10-29-20)5-14(13)18-7-19(25)16(22(26)27)9-24(17)18/h5,7-11,17H,3-4,6H2,1-2H3,(H,26,27)/t17-/m0/s1. The molecule has 7 nitrogen and oxygen atoms in total. The molecule has 29 heavy (non-hydrogen) atoms. The normalized spacial score (nSPS) is 16.9. The number of rotatable bonds is 3. The molecule has 0 aliphatic carbocycles. The van der Waals surface area contributed by atoms with Crippen LogP contribution >= 0.6 is 0 Å². The fourth-order valence-electron chi connectivity index (χ4n) is 4.50. The molecule has 0 fully saturated rings. The van der Waals surface area contributed by atoms with Crippen LogP contribution in [0, 0.1) is 5.92 Å². The third-order valence-electron chi connectivity index (χ3n) is 5.92. The largest absolute Gasteiger partial charge is 0.492 e. The van der Waals surface area contributed by atoms with Gasteiger partial charge in [0.05, 0.1) is 24.1 Å². The molecule has 5 rings (SSSR count). The van der Waals surface area contributed by atoms with Gasteiger partial charge >= 0.3 is 5.97 Å². The molecule has 0 bridgehead atoms. The van der Waals surface area contributed by atoms with Gasteiger partial charge in [0.1, 0.15) is 11.3 Å². The topological polar surface area (TPSA) is 94.6 Å². The van der Waals surface area contributed by atoms with Crippen molar-refractivity contribution in [1.82, 2.24) is 9.55 Å². The van der Waals surface area contributed by atoms with Crippen LogP contribution < -0.4 is 10.2 Å². The SMILES string of the molecule is CC(C)[C@@H]1Cc2c(cc(-c3cnco3)c3c2CCO3)-c2cc(=O)c(C(=O)O)cn21. The van der Waals surface area contributed by atoms with Gasteiger partial charge in [-0.15, -0.1) is 0 Å². The Hall–Kier alpha value is -3.35. The van der Waals surface area contributed by atoms with Crippen molar-refractivity contribution in [1.29, 1.82) is 0 Å². The van der Waals surface area contributed by atoms with Crippen LogP contribution in [0.25, 0.3) is 22.6 Å². The molecule has 1 N–H and O–H groups in total. The number of fused-ring (bicyclic) bond motifs is 5. The summed E-state index contributed by atoms with van der Waals surface area (Å²) in [5.41, 5.74) is 4.07. The number of carboxylic acid groups (broad SMARTS) is 1. The first-order chi connectivity index (χ1) is 14.0. The maximum absolute atomic E-state index is 12.5. The second kappa shape index (κ2) is 6.34. The lowest BCUT2D eigenvalue weighted by atomic mass is 9.83. The Morgan fingerprint density at radius 1 is 1.28 bits per heavy atom. The van der Waals surface area contributed by atoms with Gasteiger partial charge in [-0.25, -0.2) is 9.78 Å². The van der Waals surface area contributed by atoms with Crippen LogP contribution in [-0.2, 0) is 12.8 Å². The number of carboxylic acids is 1. The quantitative estimate of drug-likeness (QED) is 0.732. The Bertz CT molecular complexity index is 1190. The zero-order valence-corrected chi connectivity index (χ0v) is 16.1. The highest BCUT2D eigenvalue weighted by atomic mass is 16.5. The maximum Gasteiger partial charge on any atom is 0.341 e. The number of pyridine rings is 1. The molecule has 4 heterocycles. The van der Waals surface area contributed by atoms with E-state index in [1.54, 1.807) is 6.20 Å². The van der Waals surface area contributed by atoms with E-state index < -0.39 is 11.4 Å². The third-order valence-corrected chi connectivity index (χ3v) is 5.92. The monoisotopic (exact) mass is 392 g/mol. The molecule has 3 aromatic rings. The highest BCUT2D eigenvalue weighted by molar-refractivity contribution is 5.88. The number of oxazole rings is 1. The fraction of sp³-hybridized carbons (Fsp3) is 0.318. The maximum atomic E-state index is 12.5. The molecule has 0 radical (unpaired) electrons. The van der Waals surface area contributed by atoms with Gasteiger partial charge in [-0.3, -0.25) is 4.79 Å². The summed E-state index contributed by atoms with van der Waals surface area (Å²) in [5.74, 6) is 0.482. The minimum Gasteiger partial charge on any atom is -0.492 e. The molecular formula is C22H20N2O5. The van der Waals surface area contributed by atoms with Gasteiger partial charge in [0.25, 0.3) is 0 Å². The van der Waals surface area contributed by atoms with Gasteiger partial charge in [-0.1, -0.05) is 13.8 Å². The molecule has 2 aliphatic rings. The van der Waals surface area contributed by atoms with Gasteiger partial charge in [0, 0.05) is 35.9 Å². The van der Waals surface area contributed by atoms with Crippen molar-refractivity contribution < 1.29 is 19.1 Å². The summed E-state index contributed by atoms with van der Waals surface area (Å²) in [6.45, 7) is 4.82. The van der Waals surface area contributed by atoms with Gasteiger partial charge in [0.2, 0.25) is 0 Å². The minimum atomic E-state index is -1.21. The lowest BCUT2D eigenvalue weighted by Gasteiger charge is -2.34. The molecular weight excluding hydrogens is 372 g/mol. The lowest BCUT2D eigenvalue weighted by Crippen LogP contribution is -2.28. The fourth-order valence-corrected chi connectivity index (χ4v) is 4.50. The van der Waals surface area contributed by atoms with Crippen molar-refractivity contribution in [3.8, 4) is 28.3 Å². The Morgan fingerprint density at radius 2 is 2.10 bits per heavy atom. The molecule has 0 unspecified atom stereocenters. The average Bonchev–Trinajstić information content (AvgIpc) is 3.38. The molecule has 0 saturated heterocycles. The van der Waals surface area contributed by atoms with Gasteiger partial charge in [-0.05, 0) is 24.0 Å². The first-order valence-corrected chi connectivity index (χ1v) is 9.66. The van der Waals surface area contributed by atoms with E-state index in [1.165, 1.54) is 24.2 Å². The van der Waals surface area contributed by atoms with E-state index in [2.05, 4.69) is 18.8 Å². The highest BCUT2D eigenvalue weighted by Crippen LogP contribution is 2.47. The Kier molecular flexibility index (Phi) is 3.87. The molecule has 1 aromatic carbocycles. The minimum absolute atomic E-state index is 0.0528. The predicted octanol–water partition coefficient (Wildman–Crippen LogP) is 3.56. The smallest absolute Gasteiger partial charge is 0.341 e.